The lowest BCUT2D eigenvalue weighted by Gasteiger charge is -2.61. The van der Waals surface area contributed by atoms with E-state index in [-0.39, 0.29) is 56.9 Å². The Kier molecular flexibility index (Phi) is 10.3. The fourth-order valence-electron chi connectivity index (χ4n) is 8.81. The smallest absolute Gasteiger partial charge is 0.316 e. The van der Waals surface area contributed by atoms with Crippen LogP contribution < -0.4 is 21.5 Å². The molecule has 3 fully saturated rings. The van der Waals surface area contributed by atoms with E-state index >= 15 is 0 Å². The summed E-state index contributed by atoms with van der Waals surface area (Å²) >= 11 is 1.14. The second kappa shape index (κ2) is 13.6. The summed E-state index contributed by atoms with van der Waals surface area (Å²) < 4.78 is 14.3. The van der Waals surface area contributed by atoms with Gasteiger partial charge in [0.1, 0.15) is 17.6 Å². The molecular weight excluding hydrogens is 678 g/mol. The van der Waals surface area contributed by atoms with E-state index in [0.717, 1.165) is 43.1 Å². The monoisotopic (exact) mass is 723 g/mol. The Morgan fingerprint density at radius 1 is 1.15 bits per heavy atom. The van der Waals surface area contributed by atoms with E-state index < -0.39 is 29.0 Å². The van der Waals surface area contributed by atoms with Crippen molar-refractivity contribution in [3.05, 3.63) is 72.6 Å². The Labute approximate surface area is 292 Å². The van der Waals surface area contributed by atoms with Gasteiger partial charge in [0.15, 0.2) is 18.9 Å². The first kappa shape index (κ1) is 35.5. The molecule has 0 aliphatic heterocycles. The molecule has 2 bridgehead atoms. The molecule has 2 heterocycles. The molecule has 252 valence electrons. The van der Waals surface area contributed by atoms with E-state index in [1.165, 1.54) is 11.1 Å². The van der Waals surface area contributed by atoms with Crippen LogP contribution in [0, 0.1) is 40.9 Å². The number of nitrogens with zero attached hydrogens (tertiary/aromatic N) is 3. The Morgan fingerprint density at radius 2 is 1.85 bits per heavy atom. The Bertz CT molecular complexity index is 1610. The molecule has 8 atom stereocenters. The molecule has 47 heavy (non-hydrogen) atoms. The summed E-state index contributed by atoms with van der Waals surface area (Å²) in [5.74, 6) is 0.0507. The van der Waals surface area contributed by atoms with Gasteiger partial charge in [-0.25, -0.2) is 4.57 Å². The Morgan fingerprint density at radius 3 is 2.53 bits per heavy atom. The Hall–Kier alpha value is -2.82. The van der Waals surface area contributed by atoms with Crippen molar-refractivity contribution < 1.29 is 45.4 Å². The zero-order valence-electron chi connectivity index (χ0n) is 27.9. The van der Waals surface area contributed by atoms with Gasteiger partial charge in [-0.1, -0.05) is 75.4 Å². The molecule has 3 aliphatic carbocycles. The van der Waals surface area contributed by atoms with Crippen molar-refractivity contribution in [2.24, 2.45) is 34.0 Å². The van der Waals surface area contributed by atoms with Crippen LogP contribution in [0.25, 0.3) is 11.5 Å². The second-order valence-corrected chi connectivity index (χ2v) is 15.4. The molecule has 3 saturated carbocycles. The van der Waals surface area contributed by atoms with E-state index in [4.69, 9.17) is 9.15 Å². The van der Waals surface area contributed by atoms with E-state index in [1.807, 2.05) is 37.5 Å². The maximum atomic E-state index is 13.6. The van der Waals surface area contributed by atoms with Gasteiger partial charge in [-0.15, -0.1) is 16.8 Å². The molecule has 6 rings (SSSR count). The van der Waals surface area contributed by atoms with Crippen molar-refractivity contribution in [3.8, 4) is 11.5 Å². The average Bonchev–Trinajstić information content (AvgIpc) is 3.67. The topological polar surface area (TPSA) is 106 Å². The number of ether oxygens (including phenoxy) is 1. The summed E-state index contributed by atoms with van der Waals surface area (Å²) in [7, 11) is 0. The van der Waals surface area contributed by atoms with Crippen molar-refractivity contribution in [2.45, 2.75) is 90.7 Å². The van der Waals surface area contributed by atoms with Gasteiger partial charge in [0.2, 0.25) is 5.89 Å². The predicted molar refractivity (Wildman–Crippen MR) is 176 cm³/mol. The quantitative estimate of drug-likeness (QED) is 0.163. The molecule has 2 aromatic heterocycles. The number of thioether (sulfide) groups is 1. The number of Topliss-reactive ketones (excluding diaryl/α,β-unsaturated/α-hetero) is 1. The lowest BCUT2D eigenvalue weighted by atomic mass is 9.44. The van der Waals surface area contributed by atoms with Crippen LogP contribution in [0.2, 0.25) is 0 Å². The normalized spacial score (nSPS) is 33.2. The molecule has 0 amide bonds. The number of aliphatic hydroxyl groups is 1. The zero-order valence-corrected chi connectivity index (χ0v) is 30.4. The molecule has 3 aromatic rings. The number of aryl methyl sites for hydroxylation is 1. The van der Waals surface area contributed by atoms with Crippen molar-refractivity contribution in [1.82, 2.24) is 10.2 Å². The highest BCUT2D eigenvalue weighted by Gasteiger charge is 2.68. The maximum Gasteiger partial charge on any atom is 0.316 e. The molecule has 1 aromatic carbocycles. The van der Waals surface area contributed by atoms with Gasteiger partial charge < -0.3 is 31.2 Å². The first-order valence-electron chi connectivity index (χ1n) is 16.4. The number of esters is 1. The first-order chi connectivity index (χ1) is 21.9. The van der Waals surface area contributed by atoms with Crippen molar-refractivity contribution in [1.29, 1.82) is 0 Å². The lowest BCUT2D eigenvalue weighted by molar-refractivity contribution is -0.688. The number of benzene rings is 1. The fourth-order valence-corrected chi connectivity index (χ4v) is 9.35. The summed E-state index contributed by atoms with van der Waals surface area (Å²) in [6.45, 7) is 15.4. The van der Waals surface area contributed by atoms with Gasteiger partial charge in [0.25, 0.3) is 5.22 Å². The number of halogens is 1. The Balaban J connectivity index is 0.00000433. The van der Waals surface area contributed by atoms with Crippen LogP contribution in [0.5, 0.6) is 0 Å². The van der Waals surface area contributed by atoms with Crippen LogP contribution >= 0.6 is 11.8 Å². The third-order valence-electron chi connectivity index (χ3n) is 11.9. The molecule has 1 N–H and O–H groups in total. The molecule has 3 aliphatic rings. The standard InChI is InChI=1S/C37H46N3O5S.BrH/c1-7-35(5)20-29(36(6)24(3)12-16-37(25(4)32(35)43)17-13-28(41)31(36)37)44-30(42)22-46-34-39-38-33(45-34)27-14-18-40(19-15-27)21-26-10-8-23(2)9-11-26;/h7-11,14-15,18-19,24-25,29,31-32,43H,1,12-13,16-17,20-22H2,2-6H3;1H/q+1;/p-1/t24-,25+,29-,31+,32+,35-,36+,37+;/m1./s1. The SMILES string of the molecule is C=C[C@]1(C)C[C@@H](OC(=O)CSc2nnc(-c3cc[n+](Cc4ccc(C)cc4)cc3)o2)[C@]2(C)[C@H](C)CC[C@]3(CCC(=O)[C@H]32)[C@@H](C)[C@@H]1O.[Br-]. The highest BCUT2D eigenvalue weighted by molar-refractivity contribution is 7.99. The van der Waals surface area contributed by atoms with Crippen LogP contribution in [0.3, 0.4) is 0 Å². The minimum Gasteiger partial charge on any atom is -1.00 e. The van der Waals surface area contributed by atoms with Crippen molar-refractivity contribution in [3.63, 3.8) is 0 Å². The average molecular weight is 725 g/mol. The zero-order chi connectivity index (χ0) is 32.9. The number of rotatable bonds is 8. The van der Waals surface area contributed by atoms with E-state index in [9.17, 15) is 14.7 Å². The third kappa shape index (κ3) is 6.37. The summed E-state index contributed by atoms with van der Waals surface area (Å²) in [4.78, 5) is 27.1. The number of aromatic nitrogens is 3. The van der Waals surface area contributed by atoms with E-state index in [1.54, 1.807) is 0 Å². The van der Waals surface area contributed by atoms with Crippen LogP contribution in [-0.2, 0) is 20.9 Å². The van der Waals surface area contributed by atoms with Gasteiger partial charge in [-0.05, 0) is 49.9 Å². The fraction of sp³-hybridized carbons (Fsp3) is 0.541. The van der Waals surface area contributed by atoms with E-state index in [2.05, 4.69) is 73.3 Å². The number of pyridine rings is 1. The van der Waals surface area contributed by atoms with Crippen LogP contribution in [0.1, 0.15) is 70.9 Å². The molecule has 0 unspecified atom stereocenters. The molecular formula is C37H46BrN3O5S. The maximum absolute atomic E-state index is 13.6. The summed E-state index contributed by atoms with van der Waals surface area (Å²) in [6, 6.07) is 12.3. The second-order valence-electron chi connectivity index (χ2n) is 14.5. The number of aliphatic hydroxyl groups excluding tert-OH is 1. The lowest BCUT2D eigenvalue weighted by Crippen LogP contribution is -3.00. The van der Waals surface area contributed by atoms with Gasteiger partial charge in [-0.2, -0.15) is 0 Å². The summed E-state index contributed by atoms with van der Waals surface area (Å²) in [6.07, 6.45) is 8.04. The number of carbonyl (C=O) groups excluding carboxylic acids is 2. The molecule has 8 nitrogen and oxygen atoms in total. The van der Waals surface area contributed by atoms with E-state index in [0.29, 0.717) is 18.7 Å². The molecule has 0 saturated heterocycles. The molecule has 10 heteroatoms. The van der Waals surface area contributed by atoms with Gasteiger partial charge in [-0.3, -0.25) is 9.59 Å². The van der Waals surface area contributed by atoms with Crippen LogP contribution in [-0.4, -0.2) is 45.0 Å². The largest absolute Gasteiger partial charge is 1.00 e. The third-order valence-corrected chi connectivity index (χ3v) is 12.7. The molecule has 0 spiro atoms. The number of carbonyl (C=O) groups is 2. The van der Waals surface area contributed by atoms with Crippen molar-refractivity contribution >= 4 is 23.5 Å². The molecule has 0 radical (unpaired) electrons. The highest BCUT2D eigenvalue weighted by atomic mass is 79.9. The summed E-state index contributed by atoms with van der Waals surface area (Å²) in [5, 5.41) is 20.4. The number of hydrogen-bond donors (Lipinski definition) is 1. The first-order valence-corrected chi connectivity index (χ1v) is 17.4. The van der Waals surface area contributed by atoms with Crippen LogP contribution in [0.15, 0.2) is 71.1 Å². The number of hydrogen-bond acceptors (Lipinski definition) is 8. The van der Waals surface area contributed by atoms with Gasteiger partial charge >= 0.3 is 5.97 Å². The van der Waals surface area contributed by atoms with Gasteiger partial charge in [0, 0.05) is 40.9 Å². The minimum atomic E-state index is -0.696. The predicted octanol–water partition coefficient (Wildman–Crippen LogP) is 3.38. The highest BCUT2D eigenvalue weighted by Crippen LogP contribution is 2.68. The number of ketones is 1. The summed E-state index contributed by atoms with van der Waals surface area (Å²) in [5.41, 5.74) is 1.71. The van der Waals surface area contributed by atoms with Gasteiger partial charge in [0.05, 0.1) is 11.7 Å². The van der Waals surface area contributed by atoms with Crippen LogP contribution in [0.4, 0.5) is 0 Å². The van der Waals surface area contributed by atoms with Crippen molar-refractivity contribution in [2.75, 3.05) is 5.75 Å². The minimum absolute atomic E-state index is 0.